The summed E-state index contributed by atoms with van der Waals surface area (Å²) in [6.07, 6.45) is 1.38. The van der Waals surface area contributed by atoms with Gasteiger partial charge in [-0.2, -0.15) is 0 Å². The number of hydrogen-bond acceptors (Lipinski definition) is 4. The van der Waals surface area contributed by atoms with Crippen LogP contribution in [0.1, 0.15) is 36.3 Å². The van der Waals surface area contributed by atoms with Gasteiger partial charge >= 0.3 is 0 Å². The molecule has 2 heterocycles. The molecule has 0 amide bonds. The highest BCUT2D eigenvalue weighted by Gasteiger charge is 2.24. The molecule has 21 heavy (non-hydrogen) atoms. The Labute approximate surface area is 122 Å². The number of fused-ring (bicyclic) bond motifs is 2. The van der Waals surface area contributed by atoms with Gasteiger partial charge in [0, 0.05) is 17.4 Å². The van der Waals surface area contributed by atoms with E-state index in [1.54, 1.807) is 7.11 Å². The summed E-state index contributed by atoms with van der Waals surface area (Å²) in [4.78, 5) is 10.9. The van der Waals surface area contributed by atoms with E-state index < -0.39 is 0 Å². The minimum Gasteiger partial charge on any atom is -0.492 e. The van der Waals surface area contributed by atoms with Crippen molar-refractivity contribution < 1.29 is 18.4 Å². The molecule has 4 nitrogen and oxygen atoms in total. The van der Waals surface area contributed by atoms with Crippen molar-refractivity contribution in [2.24, 2.45) is 0 Å². The highest BCUT2D eigenvalue weighted by molar-refractivity contribution is 6.05. The predicted octanol–water partition coefficient (Wildman–Crippen LogP) is 4.50. The number of carbonyl (C=O) groups excluding carboxylic acids is 1. The predicted molar refractivity (Wildman–Crippen MR) is 81.1 cm³/mol. The molecule has 0 radical (unpaired) electrons. The van der Waals surface area contributed by atoms with E-state index >= 15 is 0 Å². The number of ether oxygens (including phenoxy) is 1. The molecule has 0 aliphatic heterocycles. The summed E-state index contributed by atoms with van der Waals surface area (Å²) in [5.41, 5.74) is 2.51. The SMILES string of the molecule is COc1c2cc(C)oc2c(C(C)CC=O)c2cc(C)oc12. The molecule has 3 aromatic rings. The van der Waals surface area contributed by atoms with Gasteiger partial charge in [-0.25, -0.2) is 0 Å². The lowest BCUT2D eigenvalue weighted by atomic mass is 9.93. The Morgan fingerprint density at radius 2 is 1.76 bits per heavy atom. The Bertz CT molecular complexity index is 765. The van der Waals surface area contributed by atoms with Crippen molar-refractivity contribution >= 4 is 28.2 Å². The molecule has 0 aliphatic rings. The quantitative estimate of drug-likeness (QED) is 0.663. The van der Waals surface area contributed by atoms with E-state index in [4.69, 9.17) is 13.6 Å². The summed E-state index contributed by atoms with van der Waals surface area (Å²) in [6, 6.07) is 3.92. The Morgan fingerprint density at radius 3 is 2.38 bits per heavy atom. The lowest BCUT2D eigenvalue weighted by Gasteiger charge is -2.12. The van der Waals surface area contributed by atoms with Crippen LogP contribution < -0.4 is 4.74 Å². The maximum atomic E-state index is 10.9. The maximum absolute atomic E-state index is 10.9. The fraction of sp³-hybridized carbons (Fsp3) is 0.353. The van der Waals surface area contributed by atoms with Gasteiger partial charge in [0.25, 0.3) is 0 Å². The topological polar surface area (TPSA) is 52.6 Å². The van der Waals surface area contributed by atoms with E-state index in [9.17, 15) is 4.79 Å². The summed E-state index contributed by atoms with van der Waals surface area (Å²) in [5.74, 6) is 2.37. The number of aryl methyl sites for hydroxylation is 2. The summed E-state index contributed by atoms with van der Waals surface area (Å²) < 4.78 is 17.2. The standard InChI is InChI=1S/C17H18O4/c1-9(5-6-18)14-12-7-10(2)21-17(12)16(19-4)13-8-11(3)20-15(13)14/h6-9H,5H2,1-4H3. The van der Waals surface area contributed by atoms with Crippen LogP contribution in [0.25, 0.3) is 21.9 Å². The second-order valence-corrected chi connectivity index (χ2v) is 5.45. The Hall–Kier alpha value is -2.23. The van der Waals surface area contributed by atoms with Crippen LogP contribution in [-0.4, -0.2) is 13.4 Å². The van der Waals surface area contributed by atoms with Crippen LogP contribution in [0.2, 0.25) is 0 Å². The van der Waals surface area contributed by atoms with Gasteiger partial charge in [-0.3, -0.25) is 0 Å². The molecule has 4 heteroatoms. The zero-order valence-corrected chi connectivity index (χ0v) is 12.6. The molecule has 1 unspecified atom stereocenters. The number of rotatable bonds is 4. The Morgan fingerprint density at radius 1 is 1.14 bits per heavy atom. The monoisotopic (exact) mass is 286 g/mol. The second-order valence-electron chi connectivity index (χ2n) is 5.45. The lowest BCUT2D eigenvalue weighted by Crippen LogP contribution is -1.97. The van der Waals surface area contributed by atoms with Crippen molar-refractivity contribution in [3.63, 3.8) is 0 Å². The van der Waals surface area contributed by atoms with Gasteiger partial charge in [0.2, 0.25) is 0 Å². The third-order valence-electron chi connectivity index (χ3n) is 3.84. The van der Waals surface area contributed by atoms with Crippen molar-refractivity contribution in [2.75, 3.05) is 7.11 Å². The lowest BCUT2D eigenvalue weighted by molar-refractivity contribution is -0.108. The average Bonchev–Trinajstić information content (AvgIpc) is 2.97. The number of benzene rings is 1. The van der Waals surface area contributed by atoms with Crippen molar-refractivity contribution in [2.45, 2.75) is 33.1 Å². The molecule has 0 saturated carbocycles. The van der Waals surface area contributed by atoms with Gasteiger partial charge < -0.3 is 18.4 Å². The number of methoxy groups -OCH3 is 1. The fourth-order valence-electron chi connectivity index (χ4n) is 2.96. The fourth-order valence-corrected chi connectivity index (χ4v) is 2.96. The van der Waals surface area contributed by atoms with Crippen LogP contribution >= 0.6 is 0 Å². The molecule has 1 aromatic carbocycles. The van der Waals surface area contributed by atoms with Gasteiger partial charge in [0.1, 0.15) is 23.4 Å². The van der Waals surface area contributed by atoms with Crippen LogP contribution in [0.3, 0.4) is 0 Å². The second kappa shape index (κ2) is 4.95. The van der Waals surface area contributed by atoms with E-state index in [1.807, 2.05) is 32.9 Å². The van der Waals surface area contributed by atoms with Crippen LogP contribution in [0, 0.1) is 13.8 Å². The van der Waals surface area contributed by atoms with Crippen molar-refractivity contribution in [3.8, 4) is 5.75 Å². The molecule has 0 saturated heterocycles. The van der Waals surface area contributed by atoms with Gasteiger partial charge in [0.05, 0.1) is 12.5 Å². The summed E-state index contributed by atoms with van der Waals surface area (Å²) in [6.45, 7) is 5.83. The third kappa shape index (κ3) is 2.02. The first-order valence-corrected chi connectivity index (χ1v) is 7.00. The van der Waals surface area contributed by atoms with Crippen LogP contribution in [0.5, 0.6) is 5.75 Å². The van der Waals surface area contributed by atoms with Crippen molar-refractivity contribution in [3.05, 3.63) is 29.2 Å². The molecule has 110 valence electrons. The number of hydrogen-bond donors (Lipinski definition) is 0. The molecule has 0 bridgehead atoms. The van der Waals surface area contributed by atoms with E-state index in [2.05, 4.69) is 0 Å². The van der Waals surface area contributed by atoms with E-state index in [0.29, 0.717) is 12.2 Å². The van der Waals surface area contributed by atoms with E-state index in [-0.39, 0.29) is 5.92 Å². The molecular formula is C17H18O4. The Kier molecular flexibility index (Phi) is 3.24. The minimum absolute atomic E-state index is 0.0564. The number of aldehydes is 1. The highest BCUT2D eigenvalue weighted by Crippen LogP contribution is 2.44. The highest BCUT2D eigenvalue weighted by atomic mass is 16.5. The molecule has 0 N–H and O–H groups in total. The Balaban J connectivity index is 2.48. The average molecular weight is 286 g/mol. The van der Waals surface area contributed by atoms with Crippen molar-refractivity contribution in [1.29, 1.82) is 0 Å². The molecule has 0 fully saturated rings. The zero-order chi connectivity index (χ0) is 15.1. The largest absolute Gasteiger partial charge is 0.492 e. The van der Waals surface area contributed by atoms with Crippen LogP contribution in [0.4, 0.5) is 0 Å². The molecule has 2 aromatic heterocycles. The maximum Gasteiger partial charge on any atom is 0.177 e. The van der Waals surface area contributed by atoms with E-state index in [1.165, 1.54) is 0 Å². The van der Waals surface area contributed by atoms with Gasteiger partial charge in [0.15, 0.2) is 11.3 Å². The molecular weight excluding hydrogens is 268 g/mol. The summed E-state index contributed by atoms with van der Waals surface area (Å²) in [7, 11) is 1.63. The van der Waals surface area contributed by atoms with Crippen LogP contribution in [0.15, 0.2) is 21.0 Å². The summed E-state index contributed by atoms with van der Waals surface area (Å²) in [5, 5.41) is 1.85. The molecule has 3 rings (SSSR count). The first kappa shape index (κ1) is 13.7. The zero-order valence-electron chi connectivity index (χ0n) is 12.6. The summed E-state index contributed by atoms with van der Waals surface area (Å²) >= 11 is 0. The normalized spacial score (nSPS) is 13.0. The van der Waals surface area contributed by atoms with Gasteiger partial charge in [-0.05, 0) is 31.9 Å². The molecule has 0 aliphatic carbocycles. The first-order valence-electron chi connectivity index (χ1n) is 7.00. The van der Waals surface area contributed by atoms with Gasteiger partial charge in [-0.1, -0.05) is 6.92 Å². The van der Waals surface area contributed by atoms with Crippen LogP contribution in [-0.2, 0) is 4.79 Å². The van der Waals surface area contributed by atoms with Crippen molar-refractivity contribution in [1.82, 2.24) is 0 Å². The molecule has 1 atom stereocenters. The first-order chi connectivity index (χ1) is 10.1. The number of carbonyl (C=O) groups is 1. The van der Waals surface area contributed by atoms with E-state index in [0.717, 1.165) is 45.3 Å². The van der Waals surface area contributed by atoms with Gasteiger partial charge in [-0.15, -0.1) is 0 Å². The number of furan rings is 2. The smallest absolute Gasteiger partial charge is 0.177 e. The third-order valence-corrected chi connectivity index (χ3v) is 3.84. The molecule has 0 spiro atoms. The minimum atomic E-state index is 0.0564.